The second kappa shape index (κ2) is 16.7. The number of carbonyl (C=O) groups is 5. The van der Waals surface area contributed by atoms with Gasteiger partial charge in [0.05, 0.1) is 12.2 Å². The standard InChI is InChI=1S/C47H67NO13/c1-10-45-23-34(44(8,54)43(5,6)7)47(55-9)41-42(47)61-40-33(16-15-31-22-35(45)48(24-30-13-14-30)18-17-46(41,45)39(31)40)60-36(51)12-11-19-56-37(52)20-27(2)21-38(53)59-32(25-57-28(3)49)26-58-29(4)50/h15-16,27,30,32,34-35,41-42,54H,10-14,17-26H2,1-9H3/t27?,34-,35?,41-,42+,44+,45-,46+,47+/m1/s1. The van der Waals surface area contributed by atoms with Crippen LogP contribution in [-0.2, 0) is 59.5 Å². The molecule has 6 aliphatic rings. The van der Waals surface area contributed by atoms with Crippen LogP contribution in [0.5, 0.6) is 11.5 Å². The van der Waals surface area contributed by atoms with Crippen LogP contribution in [0.2, 0.25) is 0 Å². The van der Waals surface area contributed by atoms with Gasteiger partial charge in [-0.2, -0.15) is 0 Å². The minimum absolute atomic E-state index is 0.00453. The topological polar surface area (TPSA) is 173 Å². The molecule has 14 nitrogen and oxygen atoms in total. The molecule has 2 aliphatic heterocycles. The lowest BCUT2D eigenvalue weighted by atomic mass is 9.39. The summed E-state index contributed by atoms with van der Waals surface area (Å²) in [5, 5.41) is 12.6. The Kier molecular flexibility index (Phi) is 12.4. The molecule has 1 aromatic rings. The van der Waals surface area contributed by atoms with E-state index in [1.165, 1.54) is 37.8 Å². The van der Waals surface area contributed by atoms with Crippen LogP contribution in [0, 0.1) is 34.5 Å². The highest BCUT2D eigenvalue weighted by Gasteiger charge is 2.90. The van der Waals surface area contributed by atoms with Gasteiger partial charge in [0.2, 0.25) is 0 Å². The minimum atomic E-state index is -1.05. The lowest BCUT2D eigenvalue weighted by Gasteiger charge is -2.69. The van der Waals surface area contributed by atoms with E-state index in [0.717, 1.165) is 44.7 Å². The molecule has 3 saturated carbocycles. The van der Waals surface area contributed by atoms with E-state index in [1.807, 2.05) is 13.0 Å². The van der Waals surface area contributed by atoms with Gasteiger partial charge >= 0.3 is 29.8 Å². The maximum absolute atomic E-state index is 13.5. The molecule has 9 atom stereocenters. The molecule has 0 amide bonds. The summed E-state index contributed by atoms with van der Waals surface area (Å²) in [5.74, 6) is -1.56. The van der Waals surface area contributed by atoms with E-state index in [4.69, 9.17) is 33.2 Å². The summed E-state index contributed by atoms with van der Waals surface area (Å²) in [5.41, 5.74) is -0.158. The molecule has 2 unspecified atom stereocenters. The Morgan fingerprint density at radius 1 is 0.967 bits per heavy atom. The smallest absolute Gasteiger partial charge is 0.311 e. The number of ether oxygens (including phenoxy) is 7. The first-order chi connectivity index (χ1) is 28.7. The summed E-state index contributed by atoms with van der Waals surface area (Å²) < 4.78 is 40.4. The Balaban J connectivity index is 1.01. The van der Waals surface area contributed by atoms with Gasteiger partial charge in [-0.3, -0.25) is 28.9 Å². The number of methoxy groups -OCH3 is 1. The quantitative estimate of drug-likeness (QED) is 0.0785. The van der Waals surface area contributed by atoms with Gasteiger partial charge in [-0.15, -0.1) is 0 Å². The van der Waals surface area contributed by atoms with Crippen molar-refractivity contribution in [3.63, 3.8) is 0 Å². The van der Waals surface area contributed by atoms with Crippen LogP contribution in [-0.4, -0.2) is 109 Å². The molecule has 2 heterocycles. The first-order valence-electron chi connectivity index (χ1n) is 22.4. The van der Waals surface area contributed by atoms with Crippen LogP contribution in [0.3, 0.4) is 0 Å². The molecule has 2 bridgehead atoms. The molecule has 0 aromatic heterocycles. The number of aliphatic hydroxyl groups is 1. The SMILES string of the molecule is CC[C@]12C[C@H]([C@](C)(O)C(C)(C)C)[C@@]3(OC)[C@H]4Oc5c(OC(=O)CCCOC(=O)CC(C)CC(=O)OC(COC(C)=O)COC(C)=O)ccc6c5[C@@]1(CCN(CC1CC1)C2C6)[C@@H]43. The van der Waals surface area contributed by atoms with E-state index in [0.29, 0.717) is 17.5 Å². The zero-order valence-electron chi connectivity index (χ0n) is 37.6. The van der Waals surface area contributed by atoms with E-state index in [9.17, 15) is 29.1 Å². The van der Waals surface area contributed by atoms with Crippen LogP contribution in [0.1, 0.15) is 124 Å². The molecule has 4 aliphatic carbocycles. The van der Waals surface area contributed by atoms with Gasteiger partial charge in [0.1, 0.15) is 24.9 Å². The van der Waals surface area contributed by atoms with Crippen molar-refractivity contribution in [3.8, 4) is 11.5 Å². The van der Waals surface area contributed by atoms with Crippen molar-refractivity contribution in [2.45, 2.75) is 154 Å². The minimum Gasteiger partial charge on any atom is -0.483 e. The van der Waals surface area contributed by atoms with Crippen molar-refractivity contribution in [1.82, 2.24) is 4.90 Å². The molecular formula is C47H67NO13. The third-order valence-corrected chi connectivity index (χ3v) is 15.5. The van der Waals surface area contributed by atoms with E-state index in [1.54, 1.807) is 14.0 Å². The molecule has 4 fully saturated rings. The molecule has 1 saturated heterocycles. The summed E-state index contributed by atoms with van der Waals surface area (Å²) in [6.07, 6.45) is 4.98. The Morgan fingerprint density at radius 2 is 1.64 bits per heavy atom. The van der Waals surface area contributed by atoms with Crippen molar-refractivity contribution in [2.24, 2.45) is 34.5 Å². The second-order valence-electron chi connectivity index (χ2n) is 20.1. The van der Waals surface area contributed by atoms with Crippen LogP contribution in [0.15, 0.2) is 12.1 Å². The van der Waals surface area contributed by atoms with Gasteiger partial charge < -0.3 is 38.3 Å². The largest absolute Gasteiger partial charge is 0.483 e. The van der Waals surface area contributed by atoms with Crippen molar-refractivity contribution in [2.75, 3.05) is 40.0 Å². The van der Waals surface area contributed by atoms with Gasteiger partial charge in [0.25, 0.3) is 0 Å². The maximum atomic E-state index is 13.5. The lowest BCUT2D eigenvalue weighted by Crippen LogP contribution is -2.73. The van der Waals surface area contributed by atoms with E-state index >= 15 is 0 Å². The first kappa shape index (κ1) is 45.3. The highest BCUT2D eigenvalue weighted by molar-refractivity contribution is 5.76. The number of benzene rings is 1. The van der Waals surface area contributed by atoms with Crippen LogP contribution < -0.4 is 9.47 Å². The zero-order valence-corrected chi connectivity index (χ0v) is 37.6. The molecule has 61 heavy (non-hydrogen) atoms. The van der Waals surface area contributed by atoms with E-state index < -0.39 is 58.5 Å². The predicted octanol–water partition coefficient (Wildman–Crippen LogP) is 5.64. The molecule has 7 rings (SSSR count). The molecule has 1 aromatic carbocycles. The highest BCUT2D eigenvalue weighted by Crippen LogP contribution is 2.82. The Morgan fingerprint density at radius 3 is 2.25 bits per heavy atom. The van der Waals surface area contributed by atoms with Gasteiger partial charge in [0.15, 0.2) is 17.6 Å². The average molecular weight is 854 g/mol. The van der Waals surface area contributed by atoms with Crippen LogP contribution in [0.25, 0.3) is 0 Å². The monoisotopic (exact) mass is 853 g/mol. The summed E-state index contributed by atoms with van der Waals surface area (Å²) in [4.78, 5) is 63.9. The number of esters is 5. The molecule has 0 radical (unpaired) electrons. The third-order valence-electron chi connectivity index (χ3n) is 15.5. The number of rotatable bonds is 19. The van der Waals surface area contributed by atoms with Crippen molar-refractivity contribution in [3.05, 3.63) is 23.3 Å². The molecular weight excluding hydrogens is 787 g/mol. The molecule has 1 N–H and O–H groups in total. The summed E-state index contributed by atoms with van der Waals surface area (Å²) >= 11 is 0. The third kappa shape index (κ3) is 7.96. The van der Waals surface area contributed by atoms with Gasteiger partial charge in [-0.25, -0.2) is 0 Å². The number of piperidine rings is 1. The number of hydrogen-bond donors (Lipinski definition) is 1. The Hall–Kier alpha value is -3.75. The van der Waals surface area contributed by atoms with Gasteiger partial charge in [-0.1, -0.05) is 40.7 Å². The number of nitrogens with zero attached hydrogens (tertiary/aromatic N) is 1. The summed E-state index contributed by atoms with van der Waals surface area (Å²) in [7, 11) is 1.78. The van der Waals surface area contributed by atoms with Crippen molar-refractivity contribution >= 4 is 29.8 Å². The van der Waals surface area contributed by atoms with Gasteiger partial charge in [0, 0.05) is 75.6 Å². The predicted molar refractivity (Wildman–Crippen MR) is 220 cm³/mol. The van der Waals surface area contributed by atoms with Crippen LogP contribution >= 0.6 is 0 Å². The number of hydrogen-bond acceptors (Lipinski definition) is 14. The summed E-state index contributed by atoms with van der Waals surface area (Å²) in [6.45, 7) is 16.3. The highest BCUT2D eigenvalue weighted by atomic mass is 16.6. The molecule has 338 valence electrons. The van der Waals surface area contributed by atoms with E-state index in [2.05, 4.69) is 38.7 Å². The fourth-order valence-electron chi connectivity index (χ4n) is 12.0. The van der Waals surface area contributed by atoms with Gasteiger partial charge in [-0.05, 0) is 92.7 Å². The van der Waals surface area contributed by atoms with E-state index in [-0.39, 0.29) is 74.3 Å². The normalized spacial score (nSPS) is 30.8. The zero-order chi connectivity index (χ0) is 44.3. The number of fused-ring (bicyclic) bond motifs is 1. The molecule has 1 spiro atoms. The van der Waals surface area contributed by atoms with Crippen molar-refractivity contribution < 1.29 is 62.2 Å². The summed E-state index contributed by atoms with van der Waals surface area (Å²) in [6, 6.07) is 4.32. The fraction of sp³-hybridized carbons (Fsp3) is 0.766. The molecule has 14 heteroatoms. The Bertz CT molecular complexity index is 1870. The van der Waals surface area contributed by atoms with Crippen molar-refractivity contribution in [1.29, 1.82) is 0 Å². The number of likely N-dealkylation sites (tertiary alicyclic amines) is 1. The number of carbonyl (C=O) groups excluding carboxylic acids is 5. The fourth-order valence-corrected chi connectivity index (χ4v) is 12.0. The average Bonchev–Trinajstić information content (AvgIpc) is 4.12. The second-order valence-corrected chi connectivity index (χ2v) is 20.1. The lowest BCUT2D eigenvalue weighted by molar-refractivity contribution is -0.214. The first-order valence-corrected chi connectivity index (χ1v) is 22.4. The Labute approximate surface area is 360 Å². The van der Waals surface area contributed by atoms with Crippen LogP contribution in [0.4, 0.5) is 0 Å². The maximum Gasteiger partial charge on any atom is 0.311 e.